The molecule has 1 aliphatic carbocycles. The second-order valence-electron chi connectivity index (χ2n) is 5.62. The number of amidine groups is 1. The highest BCUT2D eigenvalue weighted by atomic mass is 16.5. The molecule has 1 fully saturated rings. The predicted molar refractivity (Wildman–Crippen MR) is 77.1 cm³/mol. The number of carbonyl (C=O) groups is 1. The lowest BCUT2D eigenvalue weighted by Gasteiger charge is -2.40. The Morgan fingerprint density at radius 1 is 1.43 bits per heavy atom. The van der Waals surface area contributed by atoms with E-state index in [2.05, 4.69) is 10.5 Å². The number of amides is 1. The van der Waals surface area contributed by atoms with Gasteiger partial charge in [0.15, 0.2) is 5.84 Å². The van der Waals surface area contributed by atoms with Gasteiger partial charge in [0.25, 0.3) is 0 Å². The summed E-state index contributed by atoms with van der Waals surface area (Å²) in [5.74, 6) is 0.651. The van der Waals surface area contributed by atoms with Gasteiger partial charge in [-0.05, 0) is 18.9 Å². The Morgan fingerprint density at radius 3 is 2.86 bits per heavy atom. The van der Waals surface area contributed by atoms with Crippen molar-refractivity contribution < 1.29 is 14.7 Å². The van der Waals surface area contributed by atoms with Gasteiger partial charge in [-0.3, -0.25) is 4.79 Å². The molecule has 1 heterocycles. The van der Waals surface area contributed by atoms with Gasteiger partial charge in [-0.2, -0.15) is 0 Å². The van der Waals surface area contributed by atoms with Crippen LogP contribution in [0.3, 0.4) is 0 Å². The molecule has 21 heavy (non-hydrogen) atoms. The maximum Gasteiger partial charge on any atom is 0.234 e. The highest BCUT2D eigenvalue weighted by molar-refractivity contribution is 6.07. The van der Waals surface area contributed by atoms with Crippen LogP contribution in [0, 0.1) is 5.41 Å². The molecule has 0 aromatic heterocycles. The maximum atomic E-state index is 12.6. The summed E-state index contributed by atoms with van der Waals surface area (Å²) >= 11 is 0. The molecular formula is C15H19N3O3. The molecule has 4 N–H and O–H groups in total. The van der Waals surface area contributed by atoms with Gasteiger partial charge in [-0.25, -0.2) is 0 Å². The first-order valence-electron chi connectivity index (χ1n) is 7.18. The van der Waals surface area contributed by atoms with Crippen LogP contribution in [-0.4, -0.2) is 23.6 Å². The normalized spacial score (nSPS) is 23.4. The minimum absolute atomic E-state index is 0.00611. The molecule has 1 aromatic rings. The molecule has 6 nitrogen and oxygen atoms in total. The van der Waals surface area contributed by atoms with E-state index in [1.165, 1.54) is 0 Å². The summed E-state index contributed by atoms with van der Waals surface area (Å²) < 4.78 is 5.59. The van der Waals surface area contributed by atoms with E-state index >= 15 is 0 Å². The van der Waals surface area contributed by atoms with Crippen molar-refractivity contribution in [2.75, 3.05) is 6.61 Å². The van der Waals surface area contributed by atoms with Crippen LogP contribution >= 0.6 is 0 Å². The first-order chi connectivity index (χ1) is 10.2. The van der Waals surface area contributed by atoms with Crippen molar-refractivity contribution in [2.24, 2.45) is 16.3 Å². The Hall–Kier alpha value is -2.24. The molecule has 1 atom stereocenters. The largest absolute Gasteiger partial charge is 0.493 e. The summed E-state index contributed by atoms with van der Waals surface area (Å²) in [6.07, 6.45) is 2.88. The lowest BCUT2D eigenvalue weighted by atomic mass is 9.67. The van der Waals surface area contributed by atoms with Gasteiger partial charge in [0.2, 0.25) is 5.91 Å². The number of benzene rings is 1. The zero-order valence-corrected chi connectivity index (χ0v) is 11.7. The Balaban J connectivity index is 1.80. The number of hydrogen-bond acceptors (Lipinski definition) is 4. The highest BCUT2D eigenvalue weighted by Gasteiger charge is 2.49. The molecule has 1 unspecified atom stereocenters. The third-order valence-electron chi connectivity index (χ3n) is 4.50. The second-order valence-corrected chi connectivity index (χ2v) is 5.62. The topological polar surface area (TPSA) is 96.9 Å². The zero-order chi connectivity index (χ0) is 14.9. The van der Waals surface area contributed by atoms with Crippen molar-refractivity contribution in [3.05, 3.63) is 29.8 Å². The summed E-state index contributed by atoms with van der Waals surface area (Å²) in [7, 11) is 0. The molecule has 1 saturated carbocycles. The number of nitrogens with two attached hydrogens (primary N) is 1. The van der Waals surface area contributed by atoms with Crippen molar-refractivity contribution in [1.29, 1.82) is 0 Å². The van der Waals surface area contributed by atoms with Gasteiger partial charge in [0.1, 0.15) is 11.2 Å². The van der Waals surface area contributed by atoms with Crippen LogP contribution in [0.25, 0.3) is 0 Å². The molecule has 0 radical (unpaired) electrons. The second kappa shape index (κ2) is 5.27. The fourth-order valence-corrected chi connectivity index (χ4v) is 3.01. The molecular weight excluding hydrogens is 270 g/mol. The number of ether oxygens (including phenoxy) is 1. The van der Waals surface area contributed by atoms with E-state index in [1.54, 1.807) is 0 Å². The van der Waals surface area contributed by atoms with Crippen molar-refractivity contribution in [3.8, 4) is 5.75 Å². The number of rotatable bonds is 3. The van der Waals surface area contributed by atoms with E-state index < -0.39 is 5.41 Å². The minimum atomic E-state index is -0.845. The van der Waals surface area contributed by atoms with Crippen LogP contribution in [0.5, 0.6) is 5.75 Å². The van der Waals surface area contributed by atoms with Crippen LogP contribution in [0.4, 0.5) is 0 Å². The summed E-state index contributed by atoms with van der Waals surface area (Å²) in [6.45, 7) is 0.568. The third-order valence-corrected chi connectivity index (χ3v) is 4.50. The fourth-order valence-electron chi connectivity index (χ4n) is 3.01. The molecule has 0 saturated heterocycles. The molecule has 1 aliphatic heterocycles. The van der Waals surface area contributed by atoms with E-state index in [0.717, 1.165) is 24.2 Å². The van der Waals surface area contributed by atoms with E-state index in [4.69, 9.17) is 15.7 Å². The average Bonchev–Trinajstić information content (AvgIpc) is 2.46. The Bertz CT molecular complexity index is 581. The number of nitrogens with zero attached hydrogens (tertiary/aromatic N) is 1. The molecule has 2 aliphatic rings. The van der Waals surface area contributed by atoms with Gasteiger partial charge in [0, 0.05) is 12.0 Å². The predicted octanol–water partition coefficient (Wildman–Crippen LogP) is 1.54. The van der Waals surface area contributed by atoms with Crippen LogP contribution in [0.1, 0.15) is 37.3 Å². The van der Waals surface area contributed by atoms with Gasteiger partial charge in [0.05, 0.1) is 12.6 Å². The number of carbonyl (C=O) groups excluding carboxylic acids is 1. The highest BCUT2D eigenvalue weighted by Crippen LogP contribution is 2.42. The van der Waals surface area contributed by atoms with Gasteiger partial charge in [-0.15, -0.1) is 0 Å². The van der Waals surface area contributed by atoms with E-state index in [-0.39, 0.29) is 17.8 Å². The molecule has 112 valence electrons. The zero-order valence-electron chi connectivity index (χ0n) is 11.7. The Morgan fingerprint density at radius 2 is 2.19 bits per heavy atom. The molecule has 1 aromatic carbocycles. The number of oxime groups is 1. The molecule has 0 bridgehead atoms. The summed E-state index contributed by atoms with van der Waals surface area (Å²) in [6, 6.07) is 7.60. The van der Waals surface area contributed by atoms with Crippen LogP contribution < -0.4 is 15.8 Å². The van der Waals surface area contributed by atoms with Crippen molar-refractivity contribution >= 4 is 11.7 Å². The third kappa shape index (κ3) is 2.20. The summed E-state index contributed by atoms with van der Waals surface area (Å²) in [4.78, 5) is 12.6. The SMILES string of the molecule is N/C(=N/O)C1(C(=O)NC2CCOc3ccccc32)CCC1. The first kappa shape index (κ1) is 13.7. The van der Waals surface area contributed by atoms with Crippen molar-refractivity contribution in [2.45, 2.75) is 31.7 Å². The standard InChI is InChI=1S/C15H19N3O3/c16-13(18-20)15(7-3-8-15)14(19)17-11-6-9-21-12-5-2-1-4-10(11)12/h1-2,4-5,11,20H,3,6-9H2,(H2,16,18)(H,17,19). The van der Waals surface area contributed by atoms with E-state index in [1.807, 2.05) is 24.3 Å². The number of hydrogen-bond donors (Lipinski definition) is 3. The Labute approximate surface area is 123 Å². The van der Waals surface area contributed by atoms with Gasteiger partial charge >= 0.3 is 0 Å². The van der Waals surface area contributed by atoms with Crippen LogP contribution in [-0.2, 0) is 4.79 Å². The quantitative estimate of drug-likeness (QED) is 0.340. The van der Waals surface area contributed by atoms with Gasteiger partial charge in [-0.1, -0.05) is 29.8 Å². The van der Waals surface area contributed by atoms with E-state index in [0.29, 0.717) is 19.4 Å². The smallest absolute Gasteiger partial charge is 0.234 e. The number of nitrogens with one attached hydrogen (secondary N) is 1. The monoisotopic (exact) mass is 289 g/mol. The summed E-state index contributed by atoms with van der Waals surface area (Å²) in [5, 5.41) is 15.0. The van der Waals surface area contributed by atoms with E-state index in [9.17, 15) is 4.79 Å². The minimum Gasteiger partial charge on any atom is -0.493 e. The average molecular weight is 289 g/mol. The number of para-hydroxylation sites is 1. The van der Waals surface area contributed by atoms with Crippen molar-refractivity contribution in [1.82, 2.24) is 5.32 Å². The lowest BCUT2D eigenvalue weighted by molar-refractivity contribution is -0.132. The Kier molecular flexibility index (Phi) is 3.45. The van der Waals surface area contributed by atoms with Crippen LogP contribution in [0.15, 0.2) is 29.4 Å². The summed E-state index contributed by atoms with van der Waals surface area (Å²) in [5.41, 5.74) is 5.86. The first-order valence-corrected chi connectivity index (χ1v) is 7.18. The molecule has 0 spiro atoms. The molecule has 3 rings (SSSR count). The van der Waals surface area contributed by atoms with Gasteiger partial charge < -0.3 is 21.0 Å². The van der Waals surface area contributed by atoms with Crippen LogP contribution in [0.2, 0.25) is 0 Å². The number of fused-ring (bicyclic) bond motifs is 1. The lowest BCUT2D eigenvalue weighted by Crippen LogP contribution is -2.54. The fraction of sp³-hybridized carbons (Fsp3) is 0.467. The molecule has 1 amide bonds. The van der Waals surface area contributed by atoms with Crippen molar-refractivity contribution in [3.63, 3.8) is 0 Å². The molecule has 6 heteroatoms. The maximum absolute atomic E-state index is 12.6.